The molecule has 0 aliphatic heterocycles. The van der Waals surface area contributed by atoms with Gasteiger partial charge in [-0.05, 0) is 18.8 Å². The van der Waals surface area contributed by atoms with Crippen LogP contribution >= 0.6 is 0 Å². The molecule has 1 amide bonds. The minimum atomic E-state index is 0.259. The molecule has 0 aromatic heterocycles. The minimum Gasteiger partial charge on any atom is -0.356 e. The number of nitrogens with one attached hydrogen (secondary N) is 1. The second-order valence-corrected chi connectivity index (χ2v) is 7.53. The first-order valence-corrected chi connectivity index (χ1v) is 10.4. The van der Waals surface area contributed by atoms with Gasteiger partial charge in [-0.15, -0.1) is 0 Å². The maximum absolute atomic E-state index is 11.7. The summed E-state index contributed by atoms with van der Waals surface area (Å²) in [6.07, 6.45) is 18.9. The van der Waals surface area contributed by atoms with Gasteiger partial charge in [0.15, 0.2) is 0 Å². The standard InChI is InChI=1S/C21H43NO/c1-4-5-6-7-8-9-10-11-15-18-21(23)22-19-16-13-12-14-17-20(2)3/h20H,4-19H2,1-3H3,(H,22,23). The first kappa shape index (κ1) is 22.5. The van der Waals surface area contributed by atoms with Gasteiger partial charge in [-0.25, -0.2) is 0 Å². The van der Waals surface area contributed by atoms with Crippen LogP contribution in [0.15, 0.2) is 0 Å². The van der Waals surface area contributed by atoms with Crippen LogP contribution in [0.5, 0.6) is 0 Å². The smallest absolute Gasteiger partial charge is 0.219 e. The molecule has 138 valence electrons. The lowest BCUT2D eigenvalue weighted by Gasteiger charge is -2.06. The Kier molecular flexibility index (Phi) is 17.4. The van der Waals surface area contributed by atoms with E-state index in [0.29, 0.717) is 0 Å². The maximum atomic E-state index is 11.7. The van der Waals surface area contributed by atoms with Gasteiger partial charge in [-0.3, -0.25) is 4.79 Å². The van der Waals surface area contributed by atoms with Gasteiger partial charge in [0.05, 0.1) is 0 Å². The Labute approximate surface area is 146 Å². The lowest BCUT2D eigenvalue weighted by Crippen LogP contribution is -2.23. The Morgan fingerprint density at radius 1 is 0.739 bits per heavy atom. The highest BCUT2D eigenvalue weighted by Gasteiger charge is 2.01. The summed E-state index contributed by atoms with van der Waals surface area (Å²) in [5, 5.41) is 3.07. The van der Waals surface area contributed by atoms with Crippen molar-refractivity contribution < 1.29 is 4.79 Å². The predicted molar refractivity (Wildman–Crippen MR) is 103 cm³/mol. The van der Waals surface area contributed by atoms with E-state index >= 15 is 0 Å². The molecule has 0 radical (unpaired) electrons. The molecule has 0 heterocycles. The molecular weight excluding hydrogens is 282 g/mol. The molecule has 0 aromatic rings. The van der Waals surface area contributed by atoms with Crippen molar-refractivity contribution in [2.75, 3.05) is 6.54 Å². The summed E-state index contributed by atoms with van der Waals surface area (Å²) in [6.45, 7) is 7.70. The number of hydrogen-bond acceptors (Lipinski definition) is 1. The van der Waals surface area contributed by atoms with Crippen LogP contribution in [0, 0.1) is 5.92 Å². The van der Waals surface area contributed by atoms with Crippen LogP contribution < -0.4 is 5.32 Å². The molecule has 0 saturated carbocycles. The summed E-state index contributed by atoms with van der Waals surface area (Å²) in [5.74, 6) is 1.08. The first-order chi connectivity index (χ1) is 11.2. The van der Waals surface area contributed by atoms with Crippen molar-refractivity contribution in [3.63, 3.8) is 0 Å². The molecule has 0 fully saturated rings. The first-order valence-electron chi connectivity index (χ1n) is 10.4. The van der Waals surface area contributed by atoms with Crippen molar-refractivity contribution in [2.24, 2.45) is 5.92 Å². The zero-order valence-corrected chi connectivity index (χ0v) is 16.3. The quantitative estimate of drug-likeness (QED) is 0.299. The Morgan fingerprint density at radius 2 is 1.26 bits per heavy atom. The summed E-state index contributed by atoms with van der Waals surface area (Å²) < 4.78 is 0. The van der Waals surface area contributed by atoms with Gasteiger partial charge in [0.25, 0.3) is 0 Å². The van der Waals surface area contributed by atoms with Gasteiger partial charge in [-0.2, -0.15) is 0 Å². The van der Waals surface area contributed by atoms with Crippen LogP contribution in [0.3, 0.4) is 0 Å². The monoisotopic (exact) mass is 325 g/mol. The van der Waals surface area contributed by atoms with Crippen LogP contribution in [0.2, 0.25) is 0 Å². The SMILES string of the molecule is CCCCCCCCCCCC(=O)NCCCCCCC(C)C. The zero-order chi connectivity index (χ0) is 17.2. The van der Waals surface area contributed by atoms with Crippen LogP contribution in [0.4, 0.5) is 0 Å². The molecule has 0 atom stereocenters. The Bertz CT molecular complexity index is 250. The van der Waals surface area contributed by atoms with Crippen molar-refractivity contribution in [3.05, 3.63) is 0 Å². The molecular formula is C21H43NO. The van der Waals surface area contributed by atoms with Crippen LogP contribution in [0.25, 0.3) is 0 Å². The Morgan fingerprint density at radius 3 is 1.87 bits per heavy atom. The second kappa shape index (κ2) is 17.8. The van der Waals surface area contributed by atoms with Crippen LogP contribution in [0.1, 0.15) is 117 Å². The summed E-state index contributed by atoms with van der Waals surface area (Å²) in [7, 11) is 0. The van der Waals surface area contributed by atoms with Gasteiger partial charge in [0.2, 0.25) is 5.91 Å². The van der Waals surface area contributed by atoms with E-state index < -0.39 is 0 Å². The molecule has 1 N–H and O–H groups in total. The van der Waals surface area contributed by atoms with Gasteiger partial charge < -0.3 is 5.32 Å². The van der Waals surface area contributed by atoms with Crippen LogP contribution in [-0.4, -0.2) is 12.5 Å². The predicted octanol–water partition coefficient (Wildman–Crippen LogP) is 6.63. The second-order valence-electron chi connectivity index (χ2n) is 7.53. The van der Waals surface area contributed by atoms with Gasteiger partial charge in [0.1, 0.15) is 0 Å². The molecule has 2 heteroatoms. The van der Waals surface area contributed by atoms with Gasteiger partial charge >= 0.3 is 0 Å². The third-order valence-corrected chi connectivity index (χ3v) is 4.54. The van der Waals surface area contributed by atoms with Crippen molar-refractivity contribution in [1.82, 2.24) is 5.32 Å². The maximum Gasteiger partial charge on any atom is 0.219 e. The van der Waals surface area contributed by atoms with E-state index in [1.807, 2.05) is 0 Å². The minimum absolute atomic E-state index is 0.259. The molecule has 2 nitrogen and oxygen atoms in total. The fourth-order valence-corrected chi connectivity index (χ4v) is 2.94. The molecule has 0 unspecified atom stereocenters. The zero-order valence-electron chi connectivity index (χ0n) is 16.3. The molecule has 0 bridgehead atoms. The normalized spacial score (nSPS) is 11.1. The summed E-state index contributed by atoms with van der Waals surface area (Å²) in [6, 6.07) is 0. The molecule has 0 aromatic carbocycles. The highest BCUT2D eigenvalue weighted by molar-refractivity contribution is 5.75. The number of amides is 1. The number of hydrogen-bond donors (Lipinski definition) is 1. The van der Waals surface area contributed by atoms with Crippen molar-refractivity contribution >= 4 is 5.91 Å². The largest absolute Gasteiger partial charge is 0.356 e. The molecule has 0 aliphatic rings. The summed E-state index contributed by atoms with van der Waals surface area (Å²) >= 11 is 0. The van der Waals surface area contributed by atoms with E-state index in [2.05, 4.69) is 26.1 Å². The summed E-state index contributed by atoms with van der Waals surface area (Å²) in [5.41, 5.74) is 0. The molecule has 23 heavy (non-hydrogen) atoms. The van der Waals surface area contributed by atoms with E-state index in [0.717, 1.165) is 31.7 Å². The average molecular weight is 326 g/mol. The molecule has 0 spiro atoms. The van der Waals surface area contributed by atoms with E-state index in [1.165, 1.54) is 77.0 Å². The molecule has 0 rings (SSSR count). The van der Waals surface area contributed by atoms with Crippen LogP contribution in [-0.2, 0) is 4.79 Å². The molecule has 0 aliphatic carbocycles. The highest BCUT2D eigenvalue weighted by Crippen LogP contribution is 2.11. The van der Waals surface area contributed by atoms with Crippen molar-refractivity contribution in [2.45, 2.75) is 117 Å². The lowest BCUT2D eigenvalue weighted by molar-refractivity contribution is -0.121. The third kappa shape index (κ3) is 19.4. The van der Waals surface area contributed by atoms with E-state index in [-0.39, 0.29) is 5.91 Å². The van der Waals surface area contributed by atoms with Crippen molar-refractivity contribution in [3.8, 4) is 0 Å². The highest BCUT2D eigenvalue weighted by atomic mass is 16.1. The number of carbonyl (C=O) groups is 1. The summed E-state index contributed by atoms with van der Waals surface area (Å²) in [4.78, 5) is 11.7. The van der Waals surface area contributed by atoms with E-state index in [4.69, 9.17) is 0 Å². The third-order valence-electron chi connectivity index (χ3n) is 4.54. The average Bonchev–Trinajstić information content (AvgIpc) is 2.52. The van der Waals surface area contributed by atoms with E-state index in [9.17, 15) is 4.79 Å². The topological polar surface area (TPSA) is 29.1 Å². The number of unbranched alkanes of at least 4 members (excludes halogenated alkanes) is 11. The van der Waals surface area contributed by atoms with Gasteiger partial charge in [-0.1, -0.05) is 97.8 Å². The number of carbonyl (C=O) groups excluding carboxylic acids is 1. The van der Waals surface area contributed by atoms with Gasteiger partial charge in [0, 0.05) is 13.0 Å². The Balaban J connectivity index is 3.16. The number of rotatable bonds is 17. The molecule has 0 saturated heterocycles. The van der Waals surface area contributed by atoms with Crippen molar-refractivity contribution in [1.29, 1.82) is 0 Å². The van der Waals surface area contributed by atoms with E-state index in [1.54, 1.807) is 0 Å². The Hall–Kier alpha value is -0.530. The fourth-order valence-electron chi connectivity index (χ4n) is 2.94. The fraction of sp³-hybridized carbons (Fsp3) is 0.952. The lowest BCUT2D eigenvalue weighted by atomic mass is 10.0.